The van der Waals surface area contributed by atoms with Crippen LogP contribution in [0.1, 0.15) is 15.9 Å². The van der Waals surface area contributed by atoms with Crippen molar-refractivity contribution in [2.45, 2.75) is 11.8 Å². The van der Waals surface area contributed by atoms with E-state index in [1.54, 1.807) is 18.2 Å². The molecule has 1 amide bonds. The minimum Gasteiger partial charge on any atom is -0.497 e. The predicted molar refractivity (Wildman–Crippen MR) is 121 cm³/mol. The summed E-state index contributed by atoms with van der Waals surface area (Å²) in [7, 11) is 3.06. The first kappa shape index (κ1) is 23.8. The molecular formula is C22H21FN4O5S. The Morgan fingerprint density at radius 3 is 2.36 bits per heavy atom. The molecule has 11 heteroatoms. The second kappa shape index (κ2) is 11.1. The molecule has 0 spiro atoms. The Balaban J connectivity index is 1.53. The number of amides is 1. The smallest absolute Gasteiger partial charge is 0.316 e. The van der Waals surface area contributed by atoms with Crippen molar-refractivity contribution in [3.8, 4) is 11.5 Å². The molecule has 0 atom stereocenters. The zero-order chi connectivity index (χ0) is 23.8. The second-order valence-electron chi connectivity index (χ2n) is 6.58. The van der Waals surface area contributed by atoms with E-state index in [0.29, 0.717) is 22.7 Å². The molecule has 0 aliphatic heterocycles. The summed E-state index contributed by atoms with van der Waals surface area (Å²) < 4.78 is 28.6. The van der Waals surface area contributed by atoms with Crippen LogP contribution in [-0.2, 0) is 16.1 Å². The summed E-state index contributed by atoms with van der Waals surface area (Å²) in [6, 6.07) is 10.5. The highest BCUT2D eigenvalue weighted by Crippen LogP contribution is 2.23. The van der Waals surface area contributed by atoms with Crippen molar-refractivity contribution in [1.29, 1.82) is 0 Å². The van der Waals surface area contributed by atoms with E-state index in [0.717, 1.165) is 11.8 Å². The molecule has 172 valence electrons. The molecule has 0 aliphatic carbocycles. The molecule has 0 radical (unpaired) electrons. The molecule has 0 fully saturated rings. The van der Waals surface area contributed by atoms with Gasteiger partial charge in [0.25, 0.3) is 5.91 Å². The van der Waals surface area contributed by atoms with E-state index < -0.39 is 17.7 Å². The number of carbonyl (C=O) groups excluding carboxylic acids is 2. The summed E-state index contributed by atoms with van der Waals surface area (Å²) in [6.45, 7) is 0.0401. The third kappa shape index (κ3) is 6.81. The molecule has 3 rings (SSSR count). The number of nitrogen functional groups attached to an aromatic ring is 1. The third-order valence-electron chi connectivity index (χ3n) is 4.27. The first-order valence-electron chi connectivity index (χ1n) is 9.57. The van der Waals surface area contributed by atoms with E-state index in [-0.39, 0.29) is 28.9 Å². The number of halogens is 1. The highest BCUT2D eigenvalue weighted by Gasteiger charge is 2.15. The zero-order valence-electron chi connectivity index (χ0n) is 17.8. The van der Waals surface area contributed by atoms with Gasteiger partial charge in [0, 0.05) is 18.0 Å². The lowest BCUT2D eigenvalue weighted by atomic mass is 10.2. The standard InChI is InChI=1S/C22H21FN4O5S/c1-30-16-7-13(8-17(9-16)31-2)11-32-19(28)12-33-22-25-10-18(20(24)27-22)21(29)26-15-5-3-14(23)4-6-15/h3-10H,11-12H2,1-2H3,(H,26,29)(H2,24,25,27). The number of nitrogens with two attached hydrogens (primary N) is 1. The number of hydrogen-bond acceptors (Lipinski definition) is 9. The minimum atomic E-state index is -0.538. The SMILES string of the molecule is COc1cc(COC(=O)CSc2ncc(C(=O)Nc3ccc(F)cc3)c(N)n2)cc(OC)c1. The highest BCUT2D eigenvalue weighted by molar-refractivity contribution is 7.99. The summed E-state index contributed by atoms with van der Waals surface area (Å²) in [6.07, 6.45) is 1.26. The van der Waals surface area contributed by atoms with Crippen LogP contribution in [0.2, 0.25) is 0 Å². The largest absolute Gasteiger partial charge is 0.497 e. The monoisotopic (exact) mass is 472 g/mol. The zero-order valence-corrected chi connectivity index (χ0v) is 18.6. The molecule has 3 N–H and O–H groups in total. The number of hydrogen-bond donors (Lipinski definition) is 2. The Morgan fingerprint density at radius 1 is 1.09 bits per heavy atom. The van der Waals surface area contributed by atoms with Crippen molar-refractivity contribution < 1.29 is 28.2 Å². The van der Waals surface area contributed by atoms with Gasteiger partial charge in [0.15, 0.2) is 5.16 Å². The van der Waals surface area contributed by atoms with Crippen molar-refractivity contribution in [3.63, 3.8) is 0 Å². The van der Waals surface area contributed by atoms with Crippen molar-refractivity contribution in [1.82, 2.24) is 9.97 Å². The van der Waals surface area contributed by atoms with Crippen molar-refractivity contribution in [3.05, 3.63) is 65.6 Å². The Hall–Kier alpha value is -3.86. The average molecular weight is 472 g/mol. The Labute approximate surface area is 193 Å². The van der Waals surface area contributed by atoms with Crippen LogP contribution in [0.3, 0.4) is 0 Å². The van der Waals surface area contributed by atoms with Crippen LogP contribution in [0.4, 0.5) is 15.9 Å². The molecule has 33 heavy (non-hydrogen) atoms. The molecule has 1 heterocycles. The third-order valence-corrected chi connectivity index (χ3v) is 5.11. The van der Waals surface area contributed by atoms with Gasteiger partial charge in [-0.2, -0.15) is 0 Å². The van der Waals surface area contributed by atoms with Crippen LogP contribution in [-0.4, -0.2) is 41.8 Å². The average Bonchev–Trinajstić information content (AvgIpc) is 2.82. The fourth-order valence-corrected chi connectivity index (χ4v) is 3.25. The van der Waals surface area contributed by atoms with Crippen molar-refractivity contribution in [2.75, 3.05) is 31.0 Å². The number of nitrogens with zero attached hydrogens (tertiary/aromatic N) is 2. The molecule has 2 aromatic carbocycles. The van der Waals surface area contributed by atoms with Gasteiger partial charge in [-0.15, -0.1) is 0 Å². The first-order valence-corrected chi connectivity index (χ1v) is 10.6. The van der Waals surface area contributed by atoms with Crippen LogP contribution >= 0.6 is 11.8 Å². The van der Waals surface area contributed by atoms with E-state index in [9.17, 15) is 14.0 Å². The van der Waals surface area contributed by atoms with E-state index in [4.69, 9.17) is 19.9 Å². The topological polar surface area (TPSA) is 126 Å². The van der Waals surface area contributed by atoms with Crippen molar-refractivity contribution in [2.24, 2.45) is 0 Å². The number of esters is 1. The van der Waals surface area contributed by atoms with Gasteiger partial charge in [0.1, 0.15) is 35.3 Å². The number of nitrogens with one attached hydrogen (secondary N) is 1. The number of aromatic nitrogens is 2. The Bertz CT molecular complexity index is 1120. The van der Waals surface area contributed by atoms with Crippen LogP contribution in [0.5, 0.6) is 11.5 Å². The van der Waals surface area contributed by atoms with Crippen LogP contribution < -0.4 is 20.5 Å². The van der Waals surface area contributed by atoms with Gasteiger partial charge < -0.3 is 25.3 Å². The minimum absolute atomic E-state index is 0.0401. The van der Waals surface area contributed by atoms with Crippen LogP contribution in [0, 0.1) is 5.82 Å². The normalized spacial score (nSPS) is 10.4. The summed E-state index contributed by atoms with van der Waals surface area (Å²) in [5, 5.41) is 2.79. The first-order chi connectivity index (χ1) is 15.9. The molecule has 0 bridgehead atoms. The molecule has 0 saturated heterocycles. The molecule has 0 unspecified atom stereocenters. The maximum atomic E-state index is 13.0. The van der Waals surface area contributed by atoms with Gasteiger partial charge in [-0.3, -0.25) is 9.59 Å². The Morgan fingerprint density at radius 2 is 1.76 bits per heavy atom. The van der Waals surface area contributed by atoms with Gasteiger partial charge in [-0.05, 0) is 42.0 Å². The summed E-state index contributed by atoms with van der Waals surface area (Å²) in [4.78, 5) is 32.6. The molecule has 0 aliphatic rings. The number of rotatable bonds is 9. The molecule has 9 nitrogen and oxygen atoms in total. The summed E-state index contributed by atoms with van der Waals surface area (Å²) in [5.74, 6) is -0.375. The predicted octanol–water partition coefficient (Wildman–Crippen LogP) is 3.30. The fourth-order valence-electron chi connectivity index (χ4n) is 2.63. The number of benzene rings is 2. The Kier molecular flexibility index (Phi) is 8.03. The summed E-state index contributed by atoms with van der Waals surface area (Å²) in [5.41, 5.74) is 7.03. The van der Waals surface area contributed by atoms with E-state index in [2.05, 4.69) is 15.3 Å². The lowest BCUT2D eigenvalue weighted by molar-refractivity contribution is -0.141. The van der Waals surface area contributed by atoms with E-state index in [1.807, 2.05) is 0 Å². The van der Waals surface area contributed by atoms with Crippen LogP contribution in [0.25, 0.3) is 0 Å². The number of ether oxygens (including phenoxy) is 3. The molecular weight excluding hydrogens is 451 g/mol. The summed E-state index contributed by atoms with van der Waals surface area (Å²) >= 11 is 1.02. The molecule has 3 aromatic rings. The molecule has 0 saturated carbocycles. The van der Waals surface area contributed by atoms with Crippen LogP contribution in [0.15, 0.2) is 53.8 Å². The highest BCUT2D eigenvalue weighted by atomic mass is 32.2. The quantitative estimate of drug-likeness (QED) is 0.274. The van der Waals surface area contributed by atoms with Gasteiger partial charge in [-0.1, -0.05) is 11.8 Å². The van der Waals surface area contributed by atoms with Gasteiger partial charge in [0.2, 0.25) is 0 Å². The van der Waals surface area contributed by atoms with E-state index >= 15 is 0 Å². The number of methoxy groups -OCH3 is 2. The van der Waals surface area contributed by atoms with Gasteiger partial charge >= 0.3 is 5.97 Å². The lowest BCUT2D eigenvalue weighted by Gasteiger charge is -2.09. The fraction of sp³-hybridized carbons (Fsp3) is 0.182. The maximum absolute atomic E-state index is 13.0. The van der Waals surface area contributed by atoms with Gasteiger partial charge in [-0.25, -0.2) is 14.4 Å². The van der Waals surface area contributed by atoms with Crippen molar-refractivity contribution >= 4 is 35.1 Å². The van der Waals surface area contributed by atoms with E-state index in [1.165, 1.54) is 44.7 Å². The maximum Gasteiger partial charge on any atom is 0.316 e. The lowest BCUT2D eigenvalue weighted by Crippen LogP contribution is -2.16. The van der Waals surface area contributed by atoms with Gasteiger partial charge in [0.05, 0.1) is 20.0 Å². The number of thioether (sulfide) groups is 1. The number of anilines is 2. The molecule has 1 aromatic heterocycles. The number of carbonyl (C=O) groups is 2. The second-order valence-corrected chi connectivity index (χ2v) is 7.53.